The van der Waals surface area contributed by atoms with Crippen LogP contribution in [0.3, 0.4) is 0 Å². The second-order valence-electron chi connectivity index (χ2n) is 7.25. The molecule has 1 saturated carbocycles. The van der Waals surface area contributed by atoms with Crippen LogP contribution in [0.2, 0.25) is 0 Å². The first-order valence-corrected chi connectivity index (χ1v) is 7.95. The quantitative estimate of drug-likeness (QED) is 0.754. The van der Waals surface area contributed by atoms with Gasteiger partial charge in [-0.3, -0.25) is 0 Å². The van der Waals surface area contributed by atoms with Crippen LogP contribution in [0.4, 0.5) is 4.79 Å². The van der Waals surface area contributed by atoms with Crippen LogP contribution in [-0.2, 0) is 4.74 Å². The number of hydrogen-bond acceptors (Lipinski definition) is 3. The molecule has 0 spiro atoms. The highest BCUT2D eigenvalue weighted by Gasteiger charge is 2.33. The smallest absolute Gasteiger partial charge is 0.407 e. The molecule has 0 aromatic carbocycles. The van der Waals surface area contributed by atoms with E-state index < -0.39 is 5.60 Å². The molecule has 2 unspecified atom stereocenters. The van der Waals surface area contributed by atoms with Crippen molar-refractivity contribution in [1.29, 1.82) is 0 Å². The van der Waals surface area contributed by atoms with E-state index in [1.807, 2.05) is 20.8 Å². The highest BCUT2D eigenvalue weighted by molar-refractivity contribution is 5.67. The van der Waals surface area contributed by atoms with Crippen molar-refractivity contribution in [3.8, 4) is 0 Å². The first-order valence-electron chi connectivity index (χ1n) is 7.95. The molecule has 1 aliphatic rings. The van der Waals surface area contributed by atoms with Gasteiger partial charge >= 0.3 is 6.09 Å². The van der Waals surface area contributed by atoms with Crippen molar-refractivity contribution in [3.05, 3.63) is 0 Å². The maximum atomic E-state index is 11.7. The summed E-state index contributed by atoms with van der Waals surface area (Å²) in [6, 6.07) is 0.885. The van der Waals surface area contributed by atoms with Gasteiger partial charge in [-0.2, -0.15) is 0 Å². The number of nitrogens with one attached hydrogen (secondary N) is 2. The van der Waals surface area contributed by atoms with Gasteiger partial charge in [-0.15, -0.1) is 0 Å². The second kappa shape index (κ2) is 7.30. The van der Waals surface area contributed by atoms with Gasteiger partial charge in [-0.1, -0.05) is 20.8 Å². The van der Waals surface area contributed by atoms with Crippen LogP contribution in [-0.4, -0.2) is 30.3 Å². The van der Waals surface area contributed by atoms with Gasteiger partial charge in [0.1, 0.15) is 5.60 Å². The van der Waals surface area contributed by atoms with Crippen LogP contribution in [0.25, 0.3) is 0 Å². The maximum absolute atomic E-state index is 11.7. The zero-order valence-electron chi connectivity index (χ0n) is 14.0. The molecular weight excluding hydrogens is 252 g/mol. The van der Waals surface area contributed by atoms with Gasteiger partial charge in [0, 0.05) is 18.6 Å². The molecule has 0 aromatic heterocycles. The number of rotatable bonds is 7. The summed E-state index contributed by atoms with van der Waals surface area (Å²) >= 11 is 0. The lowest BCUT2D eigenvalue weighted by Gasteiger charge is -2.28. The van der Waals surface area contributed by atoms with Crippen molar-refractivity contribution in [2.45, 2.75) is 78.5 Å². The molecule has 2 N–H and O–H groups in total. The first-order chi connectivity index (χ1) is 9.23. The zero-order chi connectivity index (χ0) is 15.3. The highest BCUT2D eigenvalue weighted by Crippen LogP contribution is 2.33. The minimum atomic E-state index is -0.434. The van der Waals surface area contributed by atoms with Crippen LogP contribution < -0.4 is 10.6 Å². The molecule has 0 heterocycles. The van der Waals surface area contributed by atoms with Crippen molar-refractivity contribution in [1.82, 2.24) is 10.6 Å². The largest absolute Gasteiger partial charge is 0.444 e. The van der Waals surface area contributed by atoms with Gasteiger partial charge in [-0.05, 0) is 51.9 Å². The fraction of sp³-hybridized carbons (Fsp3) is 0.938. The molecule has 1 fully saturated rings. The number of ether oxygens (including phenoxy) is 1. The number of hydrogen-bond donors (Lipinski definition) is 2. The number of carbonyl (C=O) groups excluding carboxylic acids is 1. The fourth-order valence-electron chi connectivity index (χ4n) is 2.42. The molecule has 0 saturated heterocycles. The van der Waals surface area contributed by atoms with E-state index in [1.165, 1.54) is 12.8 Å². The summed E-state index contributed by atoms with van der Waals surface area (Å²) in [5.41, 5.74) is -0.434. The van der Waals surface area contributed by atoms with Gasteiger partial charge < -0.3 is 15.4 Å². The molecule has 4 nitrogen and oxygen atoms in total. The lowest BCUT2D eigenvalue weighted by atomic mass is 9.99. The van der Waals surface area contributed by atoms with Crippen LogP contribution in [0.15, 0.2) is 0 Å². The Morgan fingerprint density at radius 1 is 1.30 bits per heavy atom. The molecule has 0 aliphatic heterocycles. The highest BCUT2D eigenvalue weighted by atomic mass is 16.6. The van der Waals surface area contributed by atoms with E-state index in [0.29, 0.717) is 30.5 Å². The minimum Gasteiger partial charge on any atom is -0.444 e. The first kappa shape index (κ1) is 17.3. The van der Waals surface area contributed by atoms with Crippen molar-refractivity contribution in [2.75, 3.05) is 6.54 Å². The van der Waals surface area contributed by atoms with Crippen molar-refractivity contribution < 1.29 is 9.53 Å². The molecular formula is C16H32N2O2. The van der Waals surface area contributed by atoms with Crippen LogP contribution >= 0.6 is 0 Å². The monoisotopic (exact) mass is 284 g/mol. The van der Waals surface area contributed by atoms with E-state index in [0.717, 1.165) is 6.42 Å². The third-order valence-corrected chi connectivity index (χ3v) is 3.73. The van der Waals surface area contributed by atoms with E-state index in [4.69, 9.17) is 4.74 Å². The van der Waals surface area contributed by atoms with Gasteiger partial charge in [0.05, 0.1) is 0 Å². The average Bonchev–Trinajstić information content (AvgIpc) is 3.10. The van der Waals surface area contributed by atoms with E-state index in [1.54, 1.807) is 0 Å². The van der Waals surface area contributed by atoms with Crippen LogP contribution in [0.1, 0.15) is 60.8 Å². The van der Waals surface area contributed by atoms with Gasteiger partial charge in [0.15, 0.2) is 0 Å². The molecule has 2 atom stereocenters. The van der Waals surface area contributed by atoms with E-state index in [2.05, 4.69) is 31.4 Å². The topological polar surface area (TPSA) is 50.4 Å². The van der Waals surface area contributed by atoms with Crippen LogP contribution in [0, 0.1) is 11.8 Å². The predicted octanol–water partition coefficient (Wildman–Crippen LogP) is 3.31. The Morgan fingerprint density at radius 2 is 1.90 bits per heavy atom. The lowest BCUT2D eigenvalue weighted by molar-refractivity contribution is 0.0519. The van der Waals surface area contributed by atoms with E-state index >= 15 is 0 Å². The molecule has 1 rings (SSSR count). The normalized spacial score (nSPS) is 18.8. The Labute approximate surface area is 124 Å². The Hall–Kier alpha value is -0.770. The van der Waals surface area contributed by atoms with Crippen molar-refractivity contribution in [2.24, 2.45) is 11.8 Å². The Bertz CT molecular complexity index is 306. The molecule has 1 amide bonds. The van der Waals surface area contributed by atoms with Crippen molar-refractivity contribution >= 4 is 6.09 Å². The molecule has 0 aromatic rings. The van der Waals surface area contributed by atoms with Gasteiger partial charge in [-0.25, -0.2) is 4.79 Å². The predicted molar refractivity (Wildman–Crippen MR) is 82.8 cm³/mol. The standard InChI is InChI=1S/C16H32N2O2/c1-7-13(11(2)3)18-14(12-8-9-12)10-17-15(19)20-16(4,5)6/h11-14,18H,7-10H2,1-6H3,(H,17,19). The maximum Gasteiger partial charge on any atom is 0.407 e. The van der Waals surface area contributed by atoms with Gasteiger partial charge in [0.2, 0.25) is 0 Å². The second-order valence-corrected chi connectivity index (χ2v) is 7.25. The Kier molecular flexibility index (Phi) is 6.31. The third-order valence-electron chi connectivity index (χ3n) is 3.73. The third kappa shape index (κ3) is 6.60. The number of carbonyl (C=O) groups is 1. The zero-order valence-corrected chi connectivity index (χ0v) is 14.0. The van der Waals surface area contributed by atoms with Gasteiger partial charge in [0.25, 0.3) is 0 Å². The molecule has 0 bridgehead atoms. The number of amides is 1. The van der Waals surface area contributed by atoms with Crippen molar-refractivity contribution in [3.63, 3.8) is 0 Å². The molecule has 1 aliphatic carbocycles. The molecule has 20 heavy (non-hydrogen) atoms. The minimum absolute atomic E-state index is 0.317. The molecule has 118 valence electrons. The Balaban J connectivity index is 2.42. The summed E-state index contributed by atoms with van der Waals surface area (Å²) in [5.74, 6) is 1.32. The fourth-order valence-corrected chi connectivity index (χ4v) is 2.42. The average molecular weight is 284 g/mol. The summed E-state index contributed by atoms with van der Waals surface area (Å²) in [6.45, 7) is 13.0. The lowest BCUT2D eigenvalue weighted by Crippen LogP contribution is -2.49. The summed E-state index contributed by atoms with van der Waals surface area (Å²) in [4.78, 5) is 11.7. The van der Waals surface area contributed by atoms with Crippen LogP contribution in [0.5, 0.6) is 0 Å². The molecule has 4 heteroatoms. The SMILES string of the molecule is CCC(NC(CNC(=O)OC(C)(C)C)C1CC1)C(C)C. The summed E-state index contributed by atoms with van der Waals surface area (Å²) < 4.78 is 5.29. The number of alkyl carbamates (subject to hydrolysis) is 1. The summed E-state index contributed by atoms with van der Waals surface area (Å²) in [5, 5.41) is 6.62. The Morgan fingerprint density at radius 3 is 2.30 bits per heavy atom. The summed E-state index contributed by atoms with van der Waals surface area (Å²) in [6.07, 6.45) is 3.33. The van der Waals surface area contributed by atoms with E-state index in [9.17, 15) is 4.79 Å². The van der Waals surface area contributed by atoms with E-state index in [-0.39, 0.29) is 6.09 Å². The summed E-state index contributed by atoms with van der Waals surface area (Å²) in [7, 11) is 0. The molecule has 0 radical (unpaired) electrons.